The third-order valence-corrected chi connectivity index (χ3v) is 3.96. The van der Waals surface area contributed by atoms with E-state index in [9.17, 15) is 4.79 Å². The van der Waals surface area contributed by atoms with Gasteiger partial charge in [0, 0.05) is 37.2 Å². The van der Waals surface area contributed by atoms with E-state index in [1.165, 1.54) is 6.33 Å². The van der Waals surface area contributed by atoms with E-state index in [1.54, 1.807) is 16.9 Å². The highest BCUT2D eigenvalue weighted by Crippen LogP contribution is 2.17. The molecular formula is C18H21N7O. The summed E-state index contributed by atoms with van der Waals surface area (Å²) in [5.74, 6) is 1.34. The van der Waals surface area contributed by atoms with Crippen LogP contribution in [0.5, 0.6) is 0 Å². The highest BCUT2D eigenvalue weighted by Gasteiger charge is 2.05. The molecule has 0 saturated heterocycles. The van der Waals surface area contributed by atoms with Gasteiger partial charge in [-0.3, -0.25) is 0 Å². The number of carbonyl (C=O) groups is 1. The smallest absolute Gasteiger partial charge is 0.319 e. The molecule has 1 aromatic carbocycles. The van der Waals surface area contributed by atoms with Crippen molar-refractivity contribution in [3.8, 4) is 5.82 Å². The first-order valence-corrected chi connectivity index (χ1v) is 8.30. The van der Waals surface area contributed by atoms with Gasteiger partial charge in [0.2, 0.25) is 0 Å². The van der Waals surface area contributed by atoms with Crippen LogP contribution in [0.15, 0.2) is 49.1 Å². The summed E-state index contributed by atoms with van der Waals surface area (Å²) in [5, 5.41) is 13.0. The maximum Gasteiger partial charge on any atom is 0.319 e. The van der Waals surface area contributed by atoms with Gasteiger partial charge >= 0.3 is 6.03 Å². The minimum Gasteiger partial charge on any atom is -0.368 e. The number of nitrogens with zero attached hydrogens (tertiary/aromatic N) is 4. The van der Waals surface area contributed by atoms with Gasteiger partial charge in [0.15, 0.2) is 5.82 Å². The van der Waals surface area contributed by atoms with Gasteiger partial charge in [-0.25, -0.2) is 19.4 Å². The number of carbonyl (C=O) groups excluding carboxylic acids is 1. The number of benzene rings is 1. The summed E-state index contributed by atoms with van der Waals surface area (Å²) in [7, 11) is 0. The monoisotopic (exact) mass is 351 g/mol. The minimum atomic E-state index is -0.236. The molecule has 0 saturated carbocycles. The van der Waals surface area contributed by atoms with Gasteiger partial charge in [0.05, 0.1) is 0 Å². The number of rotatable bonds is 6. The summed E-state index contributed by atoms with van der Waals surface area (Å²) in [4.78, 5) is 20.3. The SMILES string of the molecule is Cc1cccc(NC(=O)NCCNc2cc(-n3cccn3)ncn2)c1C. The van der Waals surface area contributed by atoms with Gasteiger partial charge in [-0.2, -0.15) is 5.10 Å². The molecule has 0 radical (unpaired) electrons. The molecule has 8 heteroatoms. The number of anilines is 2. The van der Waals surface area contributed by atoms with Crippen LogP contribution in [0.2, 0.25) is 0 Å². The summed E-state index contributed by atoms with van der Waals surface area (Å²) in [5.41, 5.74) is 3.02. The molecule has 2 amide bonds. The second-order valence-electron chi connectivity index (χ2n) is 5.77. The number of urea groups is 1. The number of aromatic nitrogens is 4. The van der Waals surface area contributed by atoms with E-state index in [-0.39, 0.29) is 6.03 Å². The summed E-state index contributed by atoms with van der Waals surface area (Å²) >= 11 is 0. The number of nitrogens with one attached hydrogen (secondary N) is 3. The minimum absolute atomic E-state index is 0.236. The molecule has 8 nitrogen and oxygen atoms in total. The molecule has 0 bridgehead atoms. The maximum absolute atomic E-state index is 12.0. The van der Waals surface area contributed by atoms with E-state index in [0.717, 1.165) is 16.8 Å². The van der Waals surface area contributed by atoms with Crippen molar-refractivity contribution < 1.29 is 4.79 Å². The Morgan fingerprint density at radius 3 is 2.85 bits per heavy atom. The van der Waals surface area contributed by atoms with Crippen LogP contribution in [0.25, 0.3) is 5.82 Å². The molecule has 2 heterocycles. The first-order valence-electron chi connectivity index (χ1n) is 8.30. The molecule has 3 N–H and O–H groups in total. The Labute approximate surface area is 151 Å². The normalized spacial score (nSPS) is 10.4. The van der Waals surface area contributed by atoms with E-state index in [2.05, 4.69) is 31.0 Å². The van der Waals surface area contributed by atoms with Crippen molar-refractivity contribution in [2.45, 2.75) is 13.8 Å². The third kappa shape index (κ3) is 4.35. The lowest BCUT2D eigenvalue weighted by Gasteiger charge is -2.12. The first kappa shape index (κ1) is 17.4. The Balaban J connectivity index is 1.46. The van der Waals surface area contributed by atoms with Crippen LogP contribution in [0.1, 0.15) is 11.1 Å². The standard InChI is InChI=1S/C18H21N7O/c1-13-5-3-6-15(14(13)2)24-18(26)20-9-8-19-16-11-17(22-12-21-16)25-10-4-7-23-25/h3-7,10-12H,8-9H2,1-2H3,(H,19,21,22)(H2,20,24,26). The summed E-state index contributed by atoms with van der Waals surface area (Å²) in [6.45, 7) is 4.99. The molecule has 0 spiro atoms. The summed E-state index contributed by atoms with van der Waals surface area (Å²) in [6.07, 6.45) is 4.97. The fourth-order valence-electron chi connectivity index (χ4n) is 2.39. The average Bonchev–Trinajstić information content (AvgIpc) is 3.18. The molecule has 0 fully saturated rings. The van der Waals surface area contributed by atoms with Gasteiger partial charge in [-0.15, -0.1) is 0 Å². The lowest BCUT2D eigenvalue weighted by Crippen LogP contribution is -2.33. The van der Waals surface area contributed by atoms with Crippen LogP contribution in [0.3, 0.4) is 0 Å². The van der Waals surface area contributed by atoms with Gasteiger partial charge in [0.1, 0.15) is 12.1 Å². The van der Waals surface area contributed by atoms with Crippen LogP contribution in [0.4, 0.5) is 16.3 Å². The fourth-order valence-corrected chi connectivity index (χ4v) is 2.39. The van der Waals surface area contributed by atoms with E-state index >= 15 is 0 Å². The Morgan fingerprint density at radius 1 is 1.15 bits per heavy atom. The zero-order valence-corrected chi connectivity index (χ0v) is 14.7. The maximum atomic E-state index is 12.0. The molecular weight excluding hydrogens is 330 g/mol. The molecule has 0 aliphatic heterocycles. The highest BCUT2D eigenvalue weighted by atomic mass is 16.2. The van der Waals surface area contributed by atoms with Crippen LogP contribution < -0.4 is 16.0 Å². The number of hydrogen-bond acceptors (Lipinski definition) is 5. The highest BCUT2D eigenvalue weighted by molar-refractivity contribution is 5.90. The van der Waals surface area contributed by atoms with E-state index in [4.69, 9.17) is 0 Å². The molecule has 0 unspecified atom stereocenters. The van der Waals surface area contributed by atoms with Gasteiger partial charge in [0.25, 0.3) is 0 Å². The van der Waals surface area contributed by atoms with Gasteiger partial charge < -0.3 is 16.0 Å². The van der Waals surface area contributed by atoms with Crippen molar-refractivity contribution >= 4 is 17.5 Å². The number of hydrogen-bond donors (Lipinski definition) is 3. The van der Waals surface area contributed by atoms with Gasteiger partial charge in [-0.05, 0) is 37.1 Å². The van der Waals surface area contributed by atoms with Crippen molar-refractivity contribution in [3.05, 3.63) is 60.2 Å². The van der Waals surface area contributed by atoms with Crippen molar-refractivity contribution in [2.75, 3.05) is 23.7 Å². The lowest BCUT2D eigenvalue weighted by molar-refractivity contribution is 0.252. The van der Waals surface area contributed by atoms with Crippen LogP contribution in [-0.2, 0) is 0 Å². The average molecular weight is 351 g/mol. The second-order valence-corrected chi connectivity index (χ2v) is 5.77. The Kier molecular flexibility index (Phi) is 5.43. The molecule has 0 aliphatic rings. The Morgan fingerprint density at radius 2 is 2.04 bits per heavy atom. The quantitative estimate of drug-likeness (QED) is 0.593. The summed E-state index contributed by atoms with van der Waals surface area (Å²) in [6, 6.07) is 9.21. The molecule has 0 atom stereocenters. The van der Waals surface area contributed by atoms with Crippen LogP contribution >= 0.6 is 0 Å². The van der Waals surface area contributed by atoms with E-state index in [0.29, 0.717) is 24.7 Å². The third-order valence-electron chi connectivity index (χ3n) is 3.96. The number of aryl methyl sites for hydroxylation is 1. The molecule has 3 rings (SSSR count). The second kappa shape index (κ2) is 8.11. The van der Waals surface area contributed by atoms with Gasteiger partial charge in [-0.1, -0.05) is 12.1 Å². The van der Waals surface area contributed by atoms with Crippen molar-refractivity contribution in [1.82, 2.24) is 25.1 Å². The molecule has 0 aliphatic carbocycles. The lowest BCUT2D eigenvalue weighted by atomic mass is 10.1. The van der Waals surface area contributed by atoms with Crippen molar-refractivity contribution in [2.24, 2.45) is 0 Å². The Hall–Kier alpha value is -3.42. The first-order chi connectivity index (χ1) is 12.6. The number of amides is 2. The molecule has 26 heavy (non-hydrogen) atoms. The predicted molar refractivity (Wildman–Crippen MR) is 101 cm³/mol. The van der Waals surface area contributed by atoms with E-state index < -0.39 is 0 Å². The largest absolute Gasteiger partial charge is 0.368 e. The van der Waals surface area contributed by atoms with E-state index in [1.807, 2.05) is 44.3 Å². The fraction of sp³-hybridized carbons (Fsp3) is 0.222. The van der Waals surface area contributed by atoms with Crippen LogP contribution in [-0.4, -0.2) is 38.9 Å². The topological polar surface area (TPSA) is 96.8 Å². The van der Waals surface area contributed by atoms with Crippen LogP contribution in [0, 0.1) is 13.8 Å². The predicted octanol–water partition coefficient (Wildman–Crippen LogP) is 2.51. The molecule has 134 valence electrons. The molecule has 2 aromatic heterocycles. The zero-order valence-electron chi connectivity index (χ0n) is 14.7. The molecule has 3 aromatic rings. The Bertz CT molecular complexity index is 877. The van der Waals surface area contributed by atoms with Crippen molar-refractivity contribution in [3.63, 3.8) is 0 Å². The zero-order chi connectivity index (χ0) is 18.4. The van der Waals surface area contributed by atoms with Crippen molar-refractivity contribution in [1.29, 1.82) is 0 Å². The summed E-state index contributed by atoms with van der Waals surface area (Å²) < 4.78 is 1.66.